The Kier molecular flexibility index (Phi) is 3.00. The van der Waals surface area contributed by atoms with Crippen LogP contribution in [0.15, 0.2) is 18.3 Å². The number of nitrogens with zero attached hydrogens (tertiary/aromatic N) is 1. The van der Waals surface area contributed by atoms with Crippen LogP contribution in [0.5, 0.6) is 0 Å². The minimum Gasteiger partial charge on any atom is -0.399 e. The summed E-state index contributed by atoms with van der Waals surface area (Å²) in [5.41, 5.74) is -0.0911. The molecule has 0 N–H and O–H groups in total. The molecular formula is C12H17BFNO2. The number of pyridine rings is 1. The Morgan fingerprint density at radius 2 is 2.06 bits per heavy atom. The van der Waals surface area contributed by atoms with Gasteiger partial charge in [-0.25, -0.2) is 4.98 Å². The Bertz CT molecular complexity index is 427. The maximum atomic E-state index is 13.1. The van der Waals surface area contributed by atoms with E-state index in [0.717, 1.165) is 6.42 Å². The number of hydrogen-bond acceptors (Lipinski definition) is 3. The van der Waals surface area contributed by atoms with Crippen LogP contribution in [0.1, 0.15) is 34.1 Å². The van der Waals surface area contributed by atoms with Crippen LogP contribution < -0.4 is 5.46 Å². The highest BCUT2D eigenvalue weighted by Gasteiger charge is 2.53. The highest BCUT2D eigenvalue weighted by molar-refractivity contribution is 6.62. The van der Waals surface area contributed by atoms with Gasteiger partial charge < -0.3 is 9.31 Å². The summed E-state index contributed by atoms with van der Waals surface area (Å²) in [4.78, 5) is 3.53. The number of halogens is 1. The van der Waals surface area contributed by atoms with Gasteiger partial charge in [-0.1, -0.05) is 6.92 Å². The second-order valence-corrected chi connectivity index (χ2v) is 5.07. The Labute approximate surface area is 101 Å². The Morgan fingerprint density at radius 1 is 1.35 bits per heavy atom. The number of hydrogen-bond donors (Lipinski definition) is 0. The van der Waals surface area contributed by atoms with Crippen LogP contribution in [-0.4, -0.2) is 23.3 Å². The van der Waals surface area contributed by atoms with Gasteiger partial charge in [0.25, 0.3) is 0 Å². The van der Waals surface area contributed by atoms with E-state index in [1.807, 2.05) is 20.8 Å². The molecule has 1 aromatic heterocycles. The van der Waals surface area contributed by atoms with Gasteiger partial charge in [-0.05, 0) is 44.8 Å². The van der Waals surface area contributed by atoms with Gasteiger partial charge in [0, 0.05) is 6.20 Å². The molecule has 1 unspecified atom stereocenters. The molecule has 1 aliphatic heterocycles. The van der Waals surface area contributed by atoms with E-state index in [-0.39, 0.29) is 5.60 Å². The van der Waals surface area contributed by atoms with Gasteiger partial charge in [0.1, 0.15) is 0 Å². The molecule has 1 aliphatic rings. The molecule has 0 aromatic carbocycles. The van der Waals surface area contributed by atoms with Crippen molar-refractivity contribution in [3.63, 3.8) is 0 Å². The van der Waals surface area contributed by atoms with Crippen LogP contribution in [0.3, 0.4) is 0 Å². The summed E-state index contributed by atoms with van der Waals surface area (Å²) >= 11 is 0. The van der Waals surface area contributed by atoms with Crippen molar-refractivity contribution in [2.24, 2.45) is 0 Å². The van der Waals surface area contributed by atoms with Crippen LogP contribution in [-0.2, 0) is 9.31 Å². The molecule has 0 spiro atoms. The van der Waals surface area contributed by atoms with E-state index in [1.54, 1.807) is 6.07 Å². The van der Waals surface area contributed by atoms with Crippen molar-refractivity contribution in [1.82, 2.24) is 4.98 Å². The lowest BCUT2D eigenvalue weighted by Gasteiger charge is -2.35. The smallest absolute Gasteiger partial charge is 0.399 e. The third-order valence-electron chi connectivity index (χ3n) is 3.74. The first-order valence-electron chi connectivity index (χ1n) is 5.85. The maximum absolute atomic E-state index is 13.1. The zero-order valence-corrected chi connectivity index (χ0v) is 10.7. The molecule has 2 rings (SSSR count). The molecule has 92 valence electrons. The second-order valence-electron chi connectivity index (χ2n) is 5.07. The van der Waals surface area contributed by atoms with Crippen molar-refractivity contribution in [3.05, 3.63) is 24.3 Å². The SMILES string of the molecule is CCC1(C)OB(c2ccnc(F)c2)OC1(C)C. The van der Waals surface area contributed by atoms with E-state index in [4.69, 9.17) is 9.31 Å². The van der Waals surface area contributed by atoms with E-state index >= 15 is 0 Å². The van der Waals surface area contributed by atoms with Gasteiger partial charge in [-0.15, -0.1) is 0 Å². The van der Waals surface area contributed by atoms with Crippen molar-refractivity contribution in [2.75, 3.05) is 0 Å². The molecule has 1 atom stereocenters. The van der Waals surface area contributed by atoms with Crippen molar-refractivity contribution in [2.45, 2.75) is 45.3 Å². The molecule has 1 aromatic rings. The molecule has 2 heterocycles. The summed E-state index contributed by atoms with van der Waals surface area (Å²) in [5.74, 6) is -0.516. The summed E-state index contributed by atoms with van der Waals surface area (Å²) in [6.45, 7) is 8.06. The van der Waals surface area contributed by atoms with Gasteiger partial charge >= 0.3 is 7.12 Å². The van der Waals surface area contributed by atoms with Crippen molar-refractivity contribution in [3.8, 4) is 0 Å². The van der Waals surface area contributed by atoms with Crippen LogP contribution in [0.2, 0.25) is 0 Å². The first kappa shape index (κ1) is 12.5. The van der Waals surface area contributed by atoms with Crippen LogP contribution >= 0.6 is 0 Å². The van der Waals surface area contributed by atoms with E-state index in [2.05, 4.69) is 11.9 Å². The van der Waals surface area contributed by atoms with Gasteiger partial charge in [-0.3, -0.25) is 0 Å². The third-order valence-corrected chi connectivity index (χ3v) is 3.74. The van der Waals surface area contributed by atoms with E-state index in [9.17, 15) is 4.39 Å². The van der Waals surface area contributed by atoms with E-state index in [0.29, 0.717) is 5.46 Å². The van der Waals surface area contributed by atoms with Crippen molar-refractivity contribution >= 4 is 12.6 Å². The summed E-state index contributed by atoms with van der Waals surface area (Å²) < 4.78 is 24.9. The lowest BCUT2D eigenvalue weighted by Crippen LogP contribution is -2.44. The summed E-state index contributed by atoms with van der Waals surface area (Å²) in [7, 11) is -0.521. The fraction of sp³-hybridized carbons (Fsp3) is 0.583. The fourth-order valence-corrected chi connectivity index (χ4v) is 2.00. The molecule has 3 nitrogen and oxygen atoms in total. The zero-order valence-electron chi connectivity index (χ0n) is 10.7. The summed E-state index contributed by atoms with van der Waals surface area (Å²) in [6, 6.07) is 3.06. The topological polar surface area (TPSA) is 31.4 Å². The predicted molar refractivity (Wildman–Crippen MR) is 64.5 cm³/mol. The third kappa shape index (κ3) is 2.09. The molecule has 0 radical (unpaired) electrons. The van der Waals surface area contributed by atoms with E-state index < -0.39 is 18.7 Å². The quantitative estimate of drug-likeness (QED) is 0.581. The van der Waals surface area contributed by atoms with Gasteiger partial charge in [0.2, 0.25) is 5.95 Å². The number of aromatic nitrogens is 1. The lowest BCUT2D eigenvalue weighted by atomic mass is 9.80. The van der Waals surface area contributed by atoms with Gasteiger partial charge in [0.15, 0.2) is 0 Å². The maximum Gasteiger partial charge on any atom is 0.495 e. The van der Waals surface area contributed by atoms with Crippen LogP contribution in [0.4, 0.5) is 4.39 Å². The average Bonchev–Trinajstić information content (AvgIpc) is 2.51. The van der Waals surface area contributed by atoms with Crippen LogP contribution in [0.25, 0.3) is 0 Å². The van der Waals surface area contributed by atoms with Gasteiger partial charge in [0.05, 0.1) is 11.2 Å². The second kappa shape index (κ2) is 4.07. The highest BCUT2D eigenvalue weighted by atomic mass is 19.1. The Morgan fingerprint density at radius 3 is 2.59 bits per heavy atom. The monoisotopic (exact) mass is 237 g/mol. The molecule has 1 fully saturated rings. The predicted octanol–water partition coefficient (Wildman–Crippen LogP) is 1.91. The minimum atomic E-state index is -0.521. The number of rotatable bonds is 2. The molecular weight excluding hydrogens is 220 g/mol. The molecule has 5 heteroatoms. The fourth-order valence-electron chi connectivity index (χ4n) is 2.00. The molecule has 0 aliphatic carbocycles. The molecule has 17 heavy (non-hydrogen) atoms. The van der Waals surface area contributed by atoms with Crippen LogP contribution in [0, 0.1) is 5.95 Å². The highest BCUT2D eigenvalue weighted by Crippen LogP contribution is 2.39. The summed E-state index contributed by atoms with van der Waals surface area (Å²) in [6.07, 6.45) is 2.26. The standard InChI is InChI=1S/C12H17BFNO2/c1-5-12(4)11(2,3)16-13(17-12)9-6-7-15-10(14)8-9/h6-8H,5H2,1-4H3. The molecule has 0 bridgehead atoms. The van der Waals surface area contributed by atoms with E-state index in [1.165, 1.54) is 12.3 Å². The Balaban J connectivity index is 2.28. The Hall–Kier alpha value is -0.935. The molecule has 0 amide bonds. The minimum absolute atomic E-state index is 0.364. The molecule has 0 saturated carbocycles. The van der Waals surface area contributed by atoms with Crippen molar-refractivity contribution in [1.29, 1.82) is 0 Å². The first-order valence-corrected chi connectivity index (χ1v) is 5.85. The van der Waals surface area contributed by atoms with Gasteiger partial charge in [-0.2, -0.15) is 4.39 Å². The average molecular weight is 237 g/mol. The summed E-state index contributed by atoms with van der Waals surface area (Å²) in [5, 5.41) is 0. The largest absolute Gasteiger partial charge is 0.495 e. The van der Waals surface area contributed by atoms with Crippen molar-refractivity contribution < 1.29 is 13.7 Å². The normalized spacial score (nSPS) is 27.5. The zero-order chi connectivity index (χ0) is 12.7. The molecule has 1 saturated heterocycles. The first-order chi connectivity index (χ1) is 7.88. The lowest BCUT2D eigenvalue weighted by molar-refractivity contribution is -0.0118.